The number of rotatable bonds is 4. The summed E-state index contributed by atoms with van der Waals surface area (Å²) in [5.74, 6) is 2.17. The molecule has 9 nitrogen and oxygen atoms in total. The van der Waals surface area contributed by atoms with E-state index in [1.807, 2.05) is 64.8 Å². The summed E-state index contributed by atoms with van der Waals surface area (Å²) in [5, 5.41) is 12.9. The van der Waals surface area contributed by atoms with Gasteiger partial charge < -0.3 is 19.9 Å². The van der Waals surface area contributed by atoms with E-state index in [4.69, 9.17) is 9.72 Å². The zero-order chi connectivity index (χ0) is 22.1. The molecule has 0 radical (unpaired) electrons. The number of hydrogen-bond acceptors (Lipinski definition) is 6. The molecule has 0 unspecified atom stereocenters. The molecule has 0 atom stereocenters. The molecule has 32 heavy (non-hydrogen) atoms. The minimum atomic E-state index is -0.0252. The monoisotopic (exact) mass is 431 g/mol. The molecule has 1 aliphatic rings. The first-order valence-electron chi connectivity index (χ1n) is 10.8. The number of methoxy groups -OCH3 is 1. The van der Waals surface area contributed by atoms with E-state index in [0.29, 0.717) is 38.5 Å². The molecule has 1 fully saturated rings. The van der Waals surface area contributed by atoms with Gasteiger partial charge >= 0.3 is 6.03 Å². The molecule has 164 valence electrons. The number of hydrogen-bond donors (Lipinski definition) is 1. The van der Waals surface area contributed by atoms with Crippen LogP contribution in [-0.2, 0) is 0 Å². The Hall–Kier alpha value is -3.88. The first-order chi connectivity index (χ1) is 15.7. The van der Waals surface area contributed by atoms with E-state index in [-0.39, 0.29) is 6.03 Å². The van der Waals surface area contributed by atoms with Crippen molar-refractivity contribution in [3.63, 3.8) is 0 Å². The van der Waals surface area contributed by atoms with Crippen LogP contribution in [0.3, 0.4) is 0 Å². The summed E-state index contributed by atoms with van der Waals surface area (Å²) in [7, 11) is 1.65. The van der Waals surface area contributed by atoms with Crippen LogP contribution in [0.4, 0.5) is 10.7 Å². The van der Waals surface area contributed by atoms with Gasteiger partial charge in [0.15, 0.2) is 11.5 Å². The number of anilines is 1. The molecule has 1 saturated heterocycles. The van der Waals surface area contributed by atoms with Gasteiger partial charge in [-0.15, -0.1) is 10.2 Å². The van der Waals surface area contributed by atoms with Crippen LogP contribution in [0, 0.1) is 0 Å². The van der Waals surface area contributed by atoms with Crippen molar-refractivity contribution in [2.45, 2.75) is 6.92 Å². The van der Waals surface area contributed by atoms with Gasteiger partial charge in [0, 0.05) is 38.1 Å². The highest BCUT2D eigenvalue weighted by molar-refractivity contribution is 5.93. The van der Waals surface area contributed by atoms with Crippen molar-refractivity contribution in [1.29, 1.82) is 0 Å². The number of benzene rings is 2. The Balaban J connectivity index is 1.63. The van der Waals surface area contributed by atoms with Crippen molar-refractivity contribution in [1.82, 2.24) is 29.8 Å². The number of nitrogens with zero attached hydrogens (tertiary/aromatic N) is 6. The predicted molar refractivity (Wildman–Crippen MR) is 123 cm³/mol. The molecular formula is C23H25N7O2. The Morgan fingerprint density at radius 3 is 2.56 bits per heavy atom. The van der Waals surface area contributed by atoms with Gasteiger partial charge in [-0.3, -0.25) is 0 Å². The lowest BCUT2D eigenvalue weighted by Crippen LogP contribution is -2.52. The van der Waals surface area contributed by atoms with Crippen molar-refractivity contribution in [3.8, 4) is 17.1 Å². The van der Waals surface area contributed by atoms with E-state index in [1.165, 1.54) is 0 Å². The molecule has 2 aromatic heterocycles. The second-order valence-corrected chi connectivity index (χ2v) is 7.62. The van der Waals surface area contributed by atoms with E-state index in [1.54, 1.807) is 7.11 Å². The Labute approximate surface area is 185 Å². The number of fused-ring (bicyclic) bond motifs is 3. The minimum absolute atomic E-state index is 0.0252. The lowest BCUT2D eigenvalue weighted by molar-refractivity contribution is 0.194. The topological polar surface area (TPSA) is 87.9 Å². The highest BCUT2D eigenvalue weighted by Crippen LogP contribution is 2.33. The van der Waals surface area contributed by atoms with Gasteiger partial charge in [-0.05, 0) is 31.2 Å². The summed E-state index contributed by atoms with van der Waals surface area (Å²) in [5.41, 5.74) is 2.46. The summed E-state index contributed by atoms with van der Waals surface area (Å²) >= 11 is 0. The number of ether oxygens (including phenoxy) is 1. The van der Waals surface area contributed by atoms with E-state index < -0.39 is 0 Å². The van der Waals surface area contributed by atoms with Gasteiger partial charge in [0.05, 0.1) is 18.2 Å². The van der Waals surface area contributed by atoms with Crippen LogP contribution < -0.4 is 15.0 Å². The molecule has 3 heterocycles. The number of carbonyl (C=O) groups is 1. The van der Waals surface area contributed by atoms with Crippen LogP contribution in [0.15, 0.2) is 48.5 Å². The van der Waals surface area contributed by atoms with Crippen LogP contribution in [-0.4, -0.2) is 70.3 Å². The minimum Gasteiger partial charge on any atom is -0.496 e. The predicted octanol–water partition coefficient (Wildman–Crippen LogP) is 2.80. The van der Waals surface area contributed by atoms with Gasteiger partial charge in [0.25, 0.3) is 0 Å². The molecule has 0 saturated carbocycles. The van der Waals surface area contributed by atoms with Crippen LogP contribution in [0.25, 0.3) is 27.9 Å². The lowest BCUT2D eigenvalue weighted by Gasteiger charge is -2.35. The summed E-state index contributed by atoms with van der Waals surface area (Å²) in [6.45, 7) is 5.12. The van der Waals surface area contributed by atoms with Crippen molar-refractivity contribution in [2.24, 2.45) is 0 Å². The first-order valence-corrected chi connectivity index (χ1v) is 10.8. The fraction of sp³-hybridized carbons (Fsp3) is 0.304. The molecule has 9 heteroatoms. The van der Waals surface area contributed by atoms with Crippen molar-refractivity contribution in [3.05, 3.63) is 48.5 Å². The van der Waals surface area contributed by atoms with Crippen molar-refractivity contribution in [2.75, 3.05) is 44.7 Å². The third-order valence-electron chi connectivity index (χ3n) is 5.75. The third kappa shape index (κ3) is 3.35. The molecule has 4 aromatic rings. The molecular weight excluding hydrogens is 406 g/mol. The highest BCUT2D eigenvalue weighted by atomic mass is 16.5. The summed E-state index contributed by atoms with van der Waals surface area (Å²) in [6, 6.07) is 15.7. The van der Waals surface area contributed by atoms with Gasteiger partial charge in [-0.1, -0.05) is 24.3 Å². The molecule has 1 aliphatic heterocycles. The van der Waals surface area contributed by atoms with Crippen LogP contribution in [0.5, 0.6) is 5.75 Å². The highest BCUT2D eigenvalue weighted by Gasteiger charge is 2.26. The molecule has 0 bridgehead atoms. The van der Waals surface area contributed by atoms with Crippen LogP contribution >= 0.6 is 0 Å². The number of para-hydroxylation sites is 2. The van der Waals surface area contributed by atoms with E-state index in [0.717, 1.165) is 33.8 Å². The Kier molecular flexibility index (Phi) is 5.22. The van der Waals surface area contributed by atoms with Crippen LogP contribution in [0.2, 0.25) is 0 Å². The fourth-order valence-electron chi connectivity index (χ4n) is 4.15. The fourth-order valence-corrected chi connectivity index (χ4v) is 4.15. The SMILES string of the molecule is CCNC(=O)N1CCN(c2nc3ccccc3c3nnc(-c4ccccc4OC)n23)CC1. The summed E-state index contributed by atoms with van der Waals surface area (Å²) in [4.78, 5) is 21.3. The normalized spacial score (nSPS) is 14.2. The van der Waals surface area contributed by atoms with Crippen molar-refractivity contribution < 1.29 is 9.53 Å². The standard InChI is InChI=1S/C23H25N7O2/c1-3-24-23(31)29-14-12-28(13-15-29)22-25-18-10-6-4-8-16(18)20-26-27-21(30(20)22)17-9-5-7-11-19(17)32-2/h4-11H,3,12-15H2,1-2H3,(H,24,31). The molecule has 0 aliphatic carbocycles. The zero-order valence-corrected chi connectivity index (χ0v) is 18.2. The first kappa shape index (κ1) is 20.0. The largest absolute Gasteiger partial charge is 0.496 e. The van der Waals surface area contributed by atoms with E-state index in [2.05, 4.69) is 20.4 Å². The molecule has 5 rings (SSSR count). The molecule has 2 aromatic carbocycles. The van der Waals surface area contributed by atoms with Gasteiger partial charge in [0.2, 0.25) is 5.95 Å². The van der Waals surface area contributed by atoms with Gasteiger partial charge in [-0.2, -0.15) is 0 Å². The molecule has 2 amide bonds. The maximum Gasteiger partial charge on any atom is 0.317 e. The number of nitrogens with one attached hydrogen (secondary N) is 1. The van der Waals surface area contributed by atoms with Gasteiger partial charge in [-0.25, -0.2) is 14.2 Å². The Morgan fingerprint density at radius 2 is 1.78 bits per heavy atom. The average molecular weight is 432 g/mol. The quantitative estimate of drug-likeness (QED) is 0.535. The lowest BCUT2D eigenvalue weighted by atomic mass is 10.2. The number of urea groups is 1. The molecule has 1 N–H and O–H groups in total. The molecule has 0 spiro atoms. The summed E-state index contributed by atoms with van der Waals surface area (Å²) < 4.78 is 7.59. The zero-order valence-electron chi connectivity index (χ0n) is 18.2. The third-order valence-corrected chi connectivity index (χ3v) is 5.75. The average Bonchev–Trinajstić information content (AvgIpc) is 3.29. The second kappa shape index (κ2) is 8.33. The van der Waals surface area contributed by atoms with Gasteiger partial charge in [0.1, 0.15) is 5.75 Å². The maximum absolute atomic E-state index is 12.2. The number of aromatic nitrogens is 4. The van der Waals surface area contributed by atoms with E-state index >= 15 is 0 Å². The van der Waals surface area contributed by atoms with Crippen molar-refractivity contribution >= 4 is 28.5 Å². The summed E-state index contributed by atoms with van der Waals surface area (Å²) in [6.07, 6.45) is 0. The Morgan fingerprint density at radius 1 is 1.03 bits per heavy atom. The smallest absolute Gasteiger partial charge is 0.317 e. The number of amides is 2. The number of piperazine rings is 1. The number of carbonyl (C=O) groups excluding carboxylic acids is 1. The Bertz CT molecular complexity index is 1280. The second-order valence-electron chi connectivity index (χ2n) is 7.62. The maximum atomic E-state index is 12.2. The van der Waals surface area contributed by atoms with Crippen LogP contribution in [0.1, 0.15) is 6.92 Å². The van der Waals surface area contributed by atoms with E-state index in [9.17, 15) is 4.79 Å².